The molecule has 1 aromatic carbocycles. The normalized spacial score (nSPS) is 23.4. The first-order valence-electron chi connectivity index (χ1n) is 5.64. The summed E-state index contributed by atoms with van der Waals surface area (Å²) in [5.41, 5.74) is 5.23. The lowest BCUT2D eigenvalue weighted by atomic mass is 10.2. The monoisotopic (exact) mass is 283 g/mol. The smallest absolute Gasteiger partial charge is 0.284 e. The number of benzene rings is 1. The second-order valence-electron chi connectivity index (χ2n) is 4.22. The van der Waals surface area contributed by atoms with Gasteiger partial charge in [0.2, 0.25) is 5.91 Å². The summed E-state index contributed by atoms with van der Waals surface area (Å²) in [4.78, 5) is 22.1. The summed E-state index contributed by atoms with van der Waals surface area (Å²) in [5, 5.41) is 20.5. The zero-order chi connectivity index (χ0) is 14.0. The number of hydrogen-bond donors (Lipinski definition) is 2. The first-order valence-corrected chi connectivity index (χ1v) is 6.42. The molecule has 0 aliphatic carbocycles. The minimum absolute atomic E-state index is 0.0305. The molecule has 0 unspecified atom stereocenters. The van der Waals surface area contributed by atoms with E-state index in [0.29, 0.717) is 4.90 Å². The number of para-hydroxylation sites is 1. The van der Waals surface area contributed by atoms with E-state index in [0.717, 1.165) is 11.9 Å². The Morgan fingerprint density at radius 1 is 1.53 bits per heavy atom. The van der Waals surface area contributed by atoms with Gasteiger partial charge in [-0.2, -0.15) is 0 Å². The number of rotatable bonds is 4. The van der Waals surface area contributed by atoms with Crippen LogP contribution in [0.5, 0.6) is 0 Å². The van der Waals surface area contributed by atoms with Crippen LogP contribution in [0.1, 0.15) is 6.42 Å². The molecule has 1 fully saturated rings. The predicted molar refractivity (Wildman–Crippen MR) is 69.3 cm³/mol. The summed E-state index contributed by atoms with van der Waals surface area (Å²) in [6.45, 7) is 0.254. The van der Waals surface area contributed by atoms with Crippen molar-refractivity contribution in [1.82, 2.24) is 4.31 Å². The Bertz CT molecular complexity index is 510. The number of carbonyl (C=O) groups is 1. The average molecular weight is 283 g/mol. The van der Waals surface area contributed by atoms with Crippen LogP contribution < -0.4 is 5.73 Å². The van der Waals surface area contributed by atoms with Gasteiger partial charge in [0.15, 0.2) is 0 Å². The predicted octanol–water partition coefficient (Wildman–Crippen LogP) is 0.522. The molecule has 0 saturated carbocycles. The molecule has 7 nitrogen and oxygen atoms in total. The highest BCUT2D eigenvalue weighted by molar-refractivity contribution is 7.97. The molecule has 8 heteroatoms. The fraction of sp³-hybridized carbons (Fsp3) is 0.364. The van der Waals surface area contributed by atoms with Gasteiger partial charge in [-0.15, -0.1) is 0 Å². The fourth-order valence-corrected chi connectivity index (χ4v) is 3.15. The van der Waals surface area contributed by atoms with Gasteiger partial charge in [0.1, 0.15) is 10.9 Å². The van der Waals surface area contributed by atoms with Crippen LogP contribution in [0.2, 0.25) is 0 Å². The Morgan fingerprint density at radius 2 is 2.21 bits per heavy atom. The van der Waals surface area contributed by atoms with E-state index < -0.39 is 23.0 Å². The van der Waals surface area contributed by atoms with Crippen LogP contribution >= 0.6 is 11.9 Å². The van der Waals surface area contributed by atoms with Crippen molar-refractivity contribution in [3.05, 3.63) is 34.4 Å². The van der Waals surface area contributed by atoms with Crippen LogP contribution in [0.25, 0.3) is 0 Å². The minimum Gasteiger partial charge on any atom is -0.392 e. The van der Waals surface area contributed by atoms with E-state index in [2.05, 4.69) is 0 Å². The molecule has 1 saturated heterocycles. The number of aliphatic hydroxyl groups excluding tert-OH is 1. The van der Waals surface area contributed by atoms with Crippen molar-refractivity contribution in [2.24, 2.45) is 5.73 Å². The Hall–Kier alpha value is -1.64. The number of nitrogens with two attached hydrogens (primary N) is 1. The fourth-order valence-electron chi connectivity index (χ4n) is 1.96. The van der Waals surface area contributed by atoms with Crippen LogP contribution in [0.3, 0.4) is 0 Å². The molecular weight excluding hydrogens is 270 g/mol. The molecule has 19 heavy (non-hydrogen) atoms. The van der Waals surface area contributed by atoms with Crippen molar-refractivity contribution in [2.45, 2.75) is 23.5 Å². The topological polar surface area (TPSA) is 110 Å². The highest BCUT2D eigenvalue weighted by atomic mass is 32.2. The number of carbonyl (C=O) groups excluding carboxylic acids is 1. The molecule has 1 amide bonds. The van der Waals surface area contributed by atoms with E-state index in [1.165, 1.54) is 6.07 Å². The molecule has 1 aliphatic heterocycles. The van der Waals surface area contributed by atoms with E-state index in [1.807, 2.05) is 0 Å². The summed E-state index contributed by atoms with van der Waals surface area (Å²) in [6.07, 6.45) is -0.393. The molecule has 2 rings (SSSR count). The van der Waals surface area contributed by atoms with Crippen LogP contribution in [-0.4, -0.2) is 38.9 Å². The van der Waals surface area contributed by atoms with Gasteiger partial charge in [0.25, 0.3) is 5.69 Å². The molecule has 102 valence electrons. The number of amides is 1. The molecule has 0 aromatic heterocycles. The largest absolute Gasteiger partial charge is 0.392 e. The number of β-amino-alcohol motifs (C(OH)–C–C–N with tert-alkyl or cyclic N) is 1. The van der Waals surface area contributed by atoms with Gasteiger partial charge >= 0.3 is 0 Å². The van der Waals surface area contributed by atoms with Crippen molar-refractivity contribution in [1.29, 1.82) is 0 Å². The standard InChI is InChI=1S/C11H13N3O4S/c12-11(16)9-5-7(15)6-13(9)19-10-4-2-1-3-8(10)14(17)18/h1-4,7,9,15H,5-6H2,(H2,12,16)/t7-,9+/m1/s1. The van der Waals surface area contributed by atoms with Gasteiger partial charge in [0.05, 0.1) is 11.0 Å². The molecular formula is C11H13N3O4S. The van der Waals surface area contributed by atoms with E-state index in [1.54, 1.807) is 22.5 Å². The summed E-state index contributed by atoms with van der Waals surface area (Å²) in [7, 11) is 0. The molecule has 1 aliphatic rings. The highest BCUT2D eigenvalue weighted by Gasteiger charge is 2.36. The molecule has 1 heterocycles. The quantitative estimate of drug-likeness (QED) is 0.473. The summed E-state index contributed by atoms with van der Waals surface area (Å²) >= 11 is 1.08. The van der Waals surface area contributed by atoms with Gasteiger partial charge < -0.3 is 10.8 Å². The molecule has 0 radical (unpaired) electrons. The summed E-state index contributed by atoms with van der Waals surface area (Å²) < 4.78 is 1.59. The number of aliphatic hydroxyl groups is 1. The maximum Gasteiger partial charge on any atom is 0.284 e. The zero-order valence-corrected chi connectivity index (χ0v) is 10.7. The number of hydrogen-bond acceptors (Lipinski definition) is 6. The second-order valence-corrected chi connectivity index (χ2v) is 5.31. The Labute approximate surface area is 113 Å². The van der Waals surface area contributed by atoms with Crippen molar-refractivity contribution in [3.8, 4) is 0 Å². The Kier molecular flexibility index (Phi) is 4.03. The maximum atomic E-state index is 11.3. The van der Waals surface area contributed by atoms with Gasteiger partial charge in [0, 0.05) is 12.6 Å². The average Bonchev–Trinajstić information content (AvgIpc) is 2.71. The number of primary amides is 1. The Balaban J connectivity index is 2.21. The van der Waals surface area contributed by atoms with Gasteiger partial charge in [-0.25, -0.2) is 4.31 Å². The number of nitro benzene ring substituents is 1. The lowest BCUT2D eigenvalue weighted by Gasteiger charge is -2.19. The van der Waals surface area contributed by atoms with Gasteiger partial charge in [-0.3, -0.25) is 14.9 Å². The van der Waals surface area contributed by atoms with Crippen LogP contribution in [0.4, 0.5) is 5.69 Å². The molecule has 0 spiro atoms. The number of nitro groups is 1. The molecule has 0 bridgehead atoms. The third kappa shape index (κ3) is 3.03. The van der Waals surface area contributed by atoms with Crippen molar-refractivity contribution in [3.63, 3.8) is 0 Å². The third-order valence-electron chi connectivity index (χ3n) is 2.84. The first kappa shape index (κ1) is 13.8. The third-order valence-corrected chi connectivity index (χ3v) is 4.02. The SMILES string of the molecule is NC(=O)[C@@H]1C[C@@H](O)CN1Sc1ccccc1[N+](=O)[O-]. The maximum absolute atomic E-state index is 11.3. The van der Waals surface area contributed by atoms with Crippen molar-refractivity contribution < 1.29 is 14.8 Å². The minimum atomic E-state index is -0.646. The highest BCUT2D eigenvalue weighted by Crippen LogP contribution is 2.35. The lowest BCUT2D eigenvalue weighted by Crippen LogP contribution is -2.36. The second kappa shape index (κ2) is 5.55. The van der Waals surface area contributed by atoms with Crippen molar-refractivity contribution >= 4 is 23.5 Å². The van der Waals surface area contributed by atoms with E-state index in [-0.39, 0.29) is 18.7 Å². The van der Waals surface area contributed by atoms with Gasteiger partial charge in [-0.05, 0) is 24.4 Å². The van der Waals surface area contributed by atoms with Crippen LogP contribution in [0.15, 0.2) is 29.2 Å². The van der Waals surface area contributed by atoms with E-state index >= 15 is 0 Å². The van der Waals surface area contributed by atoms with Crippen molar-refractivity contribution in [2.75, 3.05) is 6.54 Å². The molecule has 2 atom stereocenters. The Morgan fingerprint density at radius 3 is 2.84 bits per heavy atom. The molecule has 3 N–H and O–H groups in total. The summed E-state index contributed by atoms with van der Waals surface area (Å²) in [5.74, 6) is -0.539. The summed E-state index contributed by atoms with van der Waals surface area (Å²) in [6, 6.07) is 5.65. The number of nitrogens with zero attached hydrogens (tertiary/aromatic N) is 2. The molecule has 1 aromatic rings. The van der Waals surface area contributed by atoms with Crippen LogP contribution in [-0.2, 0) is 4.79 Å². The first-order chi connectivity index (χ1) is 8.99. The van der Waals surface area contributed by atoms with E-state index in [4.69, 9.17) is 5.73 Å². The lowest BCUT2D eigenvalue weighted by molar-refractivity contribution is -0.387. The van der Waals surface area contributed by atoms with Crippen LogP contribution in [0, 0.1) is 10.1 Å². The van der Waals surface area contributed by atoms with E-state index in [9.17, 15) is 20.0 Å². The van der Waals surface area contributed by atoms with Gasteiger partial charge in [-0.1, -0.05) is 12.1 Å². The zero-order valence-electron chi connectivity index (χ0n) is 9.93.